The van der Waals surface area contributed by atoms with E-state index in [4.69, 9.17) is 0 Å². The molecule has 116 valence electrons. The highest BCUT2D eigenvalue weighted by Crippen LogP contribution is 2.36. The van der Waals surface area contributed by atoms with E-state index in [0.717, 1.165) is 53.6 Å². The van der Waals surface area contributed by atoms with Crippen molar-refractivity contribution in [1.82, 2.24) is 14.6 Å². The average molecular weight is 316 g/mol. The maximum Gasteiger partial charge on any atom is 0.275 e. The van der Waals surface area contributed by atoms with E-state index in [1.165, 1.54) is 17.4 Å². The number of rotatable bonds is 3. The summed E-state index contributed by atoms with van der Waals surface area (Å²) in [6.45, 7) is 4.19. The maximum atomic E-state index is 12.2. The number of anilines is 1. The first-order valence-corrected chi connectivity index (χ1v) is 8.86. The summed E-state index contributed by atoms with van der Waals surface area (Å²) in [6, 6.07) is 1.62. The summed E-state index contributed by atoms with van der Waals surface area (Å²) in [5.41, 5.74) is 0.816. The van der Waals surface area contributed by atoms with Crippen molar-refractivity contribution in [3.63, 3.8) is 0 Å². The van der Waals surface area contributed by atoms with Gasteiger partial charge >= 0.3 is 0 Å². The molecule has 1 aliphatic heterocycles. The first kappa shape index (κ1) is 13.9. The van der Waals surface area contributed by atoms with Gasteiger partial charge < -0.3 is 4.90 Å². The van der Waals surface area contributed by atoms with Crippen molar-refractivity contribution in [3.8, 4) is 0 Å². The first-order valence-electron chi connectivity index (χ1n) is 8.04. The Morgan fingerprint density at radius 1 is 1.27 bits per heavy atom. The van der Waals surface area contributed by atoms with E-state index in [-0.39, 0.29) is 5.56 Å². The fourth-order valence-electron chi connectivity index (χ4n) is 3.53. The van der Waals surface area contributed by atoms with E-state index in [2.05, 4.69) is 34.1 Å². The van der Waals surface area contributed by atoms with Gasteiger partial charge in [0.25, 0.3) is 5.56 Å². The zero-order chi connectivity index (χ0) is 15.1. The van der Waals surface area contributed by atoms with Crippen molar-refractivity contribution >= 4 is 21.4 Å². The molecule has 1 fully saturated rings. The minimum atomic E-state index is -0.0609. The van der Waals surface area contributed by atoms with Crippen molar-refractivity contribution in [3.05, 3.63) is 34.3 Å². The van der Waals surface area contributed by atoms with Crippen LogP contribution in [0.3, 0.4) is 0 Å². The zero-order valence-corrected chi connectivity index (χ0v) is 13.6. The van der Waals surface area contributed by atoms with Crippen LogP contribution in [0.25, 0.3) is 4.96 Å². The molecule has 2 unspecified atom stereocenters. The Morgan fingerprint density at radius 2 is 2.00 bits per heavy atom. The molecule has 1 aliphatic carbocycles. The van der Waals surface area contributed by atoms with Crippen LogP contribution in [0.1, 0.15) is 31.9 Å². The van der Waals surface area contributed by atoms with Crippen molar-refractivity contribution in [1.29, 1.82) is 0 Å². The Balaban J connectivity index is 1.66. The van der Waals surface area contributed by atoms with Gasteiger partial charge in [0.15, 0.2) is 0 Å². The number of aryl methyl sites for hydroxylation is 1. The summed E-state index contributed by atoms with van der Waals surface area (Å²) in [7, 11) is 0. The second-order valence-electron chi connectivity index (χ2n) is 6.28. The lowest BCUT2D eigenvalue weighted by Crippen LogP contribution is -2.21. The standard InChI is InChI=1S/C16H20N4OS/c1-2-5-13-8-14(21)20-15(17-13)22-16(18-20)19-9-11-6-3-4-7-12(11)10-19/h3-4,8,11-12H,2,5-7,9-10H2,1H3. The molecular formula is C16H20N4OS. The Bertz CT molecular complexity index is 762. The van der Waals surface area contributed by atoms with Crippen LogP contribution >= 0.6 is 11.3 Å². The predicted molar refractivity (Wildman–Crippen MR) is 88.7 cm³/mol. The smallest absolute Gasteiger partial charge is 0.275 e. The molecule has 2 atom stereocenters. The highest BCUT2D eigenvalue weighted by molar-refractivity contribution is 7.20. The van der Waals surface area contributed by atoms with Gasteiger partial charge in [0, 0.05) is 24.8 Å². The van der Waals surface area contributed by atoms with Crippen LogP contribution in [0, 0.1) is 11.8 Å². The second kappa shape index (κ2) is 5.50. The van der Waals surface area contributed by atoms with Gasteiger partial charge in [0.05, 0.1) is 0 Å². The van der Waals surface area contributed by atoms with Gasteiger partial charge in [-0.25, -0.2) is 4.98 Å². The minimum absolute atomic E-state index is 0.0609. The third kappa shape index (κ3) is 2.35. The molecule has 2 aliphatic rings. The van der Waals surface area contributed by atoms with Gasteiger partial charge in [-0.15, -0.1) is 5.10 Å². The van der Waals surface area contributed by atoms with Gasteiger partial charge in [-0.3, -0.25) is 4.79 Å². The van der Waals surface area contributed by atoms with Crippen molar-refractivity contribution < 1.29 is 0 Å². The fourth-order valence-corrected chi connectivity index (χ4v) is 4.47. The van der Waals surface area contributed by atoms with E-state index in [9.17, 15) is 4.79 Å². The Labute approximate surface area is 133 Å². The summed E-state index contributed by atoms with van der Waals surface area (Å²) < 4.78 is 1.46. The van der Waals surface area contributed by atoms with Crippen LogP contribution in [0.5, 0.6) is 0 Å². The number of fused-ring (bicyclic) bond motifs is 2. The third-order valence-corrected chi connectivity index (χ3v) is 5.65. The van der Waals surface area contributed by atoms with Gasteiger partial charge in [-0.2, -0.15) is 4.52 Å². The molecule has 0 bridgehead atoms. The molecule has 4 rings (SSSR count). The summed E-state index contributed by atoms with van der Waals surface area (Å²) in [5.74, 6) is 1.47. The minimum Gasteiger partial charge on any atom is -0.346 e. The lowest BCUT2D eigenvalue weighted by atomic mass is 9.86. The molecule has 5 nitrogen and oxygen atoms in total. The number of nitrogens with zero attached hydrogens (tertiary/aromatic N) is 4. The number of aromatic nitrogens is 3. The Kier molecular flexibility index (Phi) is 3.48. The predicted octanol–water partition coefficient (Wildman–Crippen LogP) is 2.51. The van der Waals surface area contributed by atoms with Crippen LogP contribution in [0.2, 0.25) is 0 Å². The van der Waals surface area contributed by atoms with Crippen LogP contribution < -0.4 is 10.5 Å². The highest BCUT2D eigenvalue weighted by atomic mass is 32.1. The monoisotopic (exact) mass is 316 g/mol. The SMILES string of the molecule is CCCc1cc(=O)n2nc(N3CC4CC=CCC4C3)sc2n1. The van der Waals surface area contributed by atoms with Gasteiger partial charge in [-0.05, 0) is 31.1 Å². The van der Waals surface area contributed by atoms with Crippen LogP contribution in [0.4, 0.5) is 5.13 Å². The molecule has 0 N–H and O–H groups in total. The lowest BCUT2D eigenvalue weighted by Gasteiger charge is -2.17. The summed E-state index contributed by atoms with van der Waals surface area (Å²) in [5, 5.41) is 5.46. The molecule has 0 saturated carbocycles. The molecule has 2 aromatic heterocycles. The molecule has 0 aromatic carbocycles. The highest BCUT2D eigenvalue weighted by Gasteiger charge is 2.34. The fraction of sp³-hybridized carbons (Fsp3) is 0.562. The topological polar surface area (TPSA) is 50.5 Å². The van der Waals surface area contributed by atoms with E-state index in [0.29, 0.717) is 0 Å². The Morgan fingerprint density at radius 3 is 2.68 bits per heavy atom. The quantitative estimate of drug-likeness (QED) is 0.817. The second-order valence-corrected chi connectivity index (χ2v) is 7.22. The first-order chi connectivity index (χ1) is 10.7. The van der Waals surface area contributed by atoms with Crippen molar-refractivity contribution in [2.45, 2.75) is 32.6 Å². The van der Waals surface area contributed by atoms with E-state index in [1.54, 1.807) is 17.4 Å². The van der Waals surface area contributed by atoms with Crippen molar-refractivity contribution in [2.75, 3.05) is 18.0 Å². The van der Waals surface area contributed by atoms with E-state index in [1.807, 2.05) is 0 Å². The van der Waals surface area contributed by atoms with Crippen molar-refractivity contribution in [2.24, 2.45) is 11.8 Å². The van der Waals surface area contributed by atoms with E-state index < -0.39 is 0 Å². The Hall–Kier alpha value is -1.69. The van der Waals surface area contributed by atoms with Gasteiger partial charge in [0.1, 0.15) is 0 Å². The number of hydrogen-bond donors (Lipinski definition) is 0. The van der Waals surface area contributed by atoms with Gasteiger partial charge in [-0.1, -0.05) is 36.8 Å². The van der Waals surface area contributed by atoms with E-state index >= 15 is 0 Å². The zero-order valence-electron chi connectivity index (χ0n) is 12.7. The normalized spacial score (nSPS) is 24.1. The number of hydrogen-bond acceptors (Lipinski definition) is 5. The molecule has 0 spiro atoms. The maximum absolute atomic E-state index is 12.2. The average Bonchev–Trinajstić information content (AvgIpc) is 3.10. The molecular weight excluding hydrogens is 296 g/mol. The summed E-state index contributed by atoms with van der Waals surface area (Å²) in [6.07, 6.45) is 8.78. The lowest BCUT2D eigenvalue weighted by molar-refractivity contribution is 0.411. The molecule has 2 aromatic rings. The molecule has 0 amide bonds. The molecule has 6 heteroatoms. The molecule has 1 saturated heterocycles. The van der Waals surface area contributed by atoms with Gasteiger partial charge in [0.2, 0.25) is 10.1 Å². The van der Waals surface area contributed by atoms with Crippen LogP contribution in [-0.2, 0) is 6.42 Å². The largest absolute Gasteiger partial charge is 0.346 e. The molecule has 3 heterocycles. The molecule has 22 heavy (non-hydrogen) atoms. The summed E-state index contributed by atoms with van der Waals surface area (Å²) in [4.78, 5) is 19.8. The van der Waals surface area contributed by atoms with Crippen LogP contribution in [0.15, 0.2) is 23.0 Å². The summed E-state index contributed by atoms with van der Waals surface area (Å²) >= 11 is 1.54. The third-order valence-electron chi connectivity index (χ3n) is 4.68. The molecule has 0 radical (unpaired) electrons. The number of allylic oxidation sites excluding steroid dienone is 2. The van der Waals surface area contributed by atoms with Crippen LogP contribution in [-0.4, -0.2) is 27.7 Å².